The second-order valence-corrected chi connectivity index (χ2v) is 3.90. The number of hydrogen-bond acceptors (Lipinski definition) is 1. The van der Waals surface area contributed by atoms with Gasteiger partial charge in [-0.25, -0.2) is 0 Å². The molecule has 0 fully saturated rings. The molecule has 0 bridgehead atoms. The van der Waals surface area contributed by atoms with Gasteiger partial charge in [-0.2, -0.15) is 13.2 Å². The molecule has 0 aliphatic heterocycles. The zero-order valence-corrected chi connectivity index (χ0v) is 9.30. The zero-order valence-electron chi connectivity index (χ0n) is 9.30. The summed E-state index contributed by atoms with van der Waals surface area (Å²) in [4.78, 5) is 0. The molecule has 0 saturated carbocycles. The summed E-state index contributed by atoms with van der Waals surface area (Å²) in [7, 11) is 0. The van der Waals surface area contributed by atoms with Crippen molar-refractivity contribution in [3.05, 3.63) is 34.9 Å². The van der Waals surface area contributed by atoms with E-state index in [0.717, 1.165) is 12.1 Å². The first-order chi connectivity index (χ1) is 7.38. The Kier molecular flexibility index (Phi) is 3.97. The molecule has 0 radical (unpaired) electrons. The van der Waals surface area contributed by atoms with Gasteiger partial charge in [-0.05, 0) is 29.7 Å². The van der Waals surface area contributed by atoms with Crippen molar-refractivity contribution >= 4 is 0 Å². The smallest absolute Gasteiger partial charge is 0.396 e. The summed E-state index contributed by atoms with van der Waals surface area (Å²) in [5, 5.41) is 8.96. The van der Waals surface area contributed by atoms with Gasteiger partial charge in [0.05, 0.1) is 5.56 Å². The van der Waals surface area contributed by atoms with Crippen molar-refractivity contribution in [1.82, 2.24) is 0 Å². The number of hydrogen-bond donors (Lipinski definition) is 1. The number of aliphatic hydroxyl groups is 1. The van der Waals surface area contributed by atoms with Crippen LogP contribution in [0.15, 0.2) is 18.2 Å². The van der Waals surface area contributed by atoms with Crippen LogP contribution in [0, 0.1) is 0 Å². The zero-order chi connectivity index (χ0) is 12.3. The summed E-state index contributed by atoms with van der Waals surface area (Å²) in [5.74, 6) is -0.271. The predicted octanol–water partition coefficient (Wildman–Crippen LogP) is 3.36. The Labute approximate surface area is 92.9 Å². The molecule has 1 atom stereocenters. The molecule has 1 rings (SSSR count). The third-order valence-corrected chi connectivity index (χ3v) is 2.59. The summed E-state index contributed by atoms with van der Waals surface area (Å²) in [6.45, 7) is 3.36. The van der Waals surface area contributed by atoms with Gasteiger partial charge in [0.25, 0.3) is 0 Å². The van der Waals surface area contributed by atoms with Gasteiger partial charge in [-0.1, -0.05) is 19.9 Å². The van der Waals surface area contributed by atoms with E-state index >= 15 is 0 Å². The van der Waals surface area contributed by atoms with E-state index in [2.05, 4.69) is 0 Å². The molecule has 1 aromatic rings. The van der Waals surface area contributed by atoms with Crippen molar-refractivity contribution in [2.45, 2.75) is 32.4 Å². The highest BCUT2D eigenvalue weighted by atomic mass is 19.4. The maximum atomic E-state index is 12.6. The fourth-order valence-corrected chi connectivity index (χ4v) is 1.48. The molecule has 4 heteroatoms. The molecule has 0 spiro atoms. The highest BCUT2D eigenvalue weighted by Crippen LogP contribution is 2.32. The van der Waals surface area contributed by atoms with Gasteiger partial charge in [-0.3, -0.25) is 0 Å². The third kappa shape index (κ3) is 2.98. The van der Waals surface area contributed by atoms with Crippen LogP contribution < -0.4 is 0 Å². The predicted molar refractivity (Wildman–Crippen MR) is 56.3 cm³/mol. The fraction of sp³-hybridized carbons (Fsp3) is 0.500. The highest BCUT2D eigenvalue weighted by molar-refractivity contribution is 5.33. The number of rotatable bonds is 3. The van der Waals surface area contributed by atoms with E-state index in [4.69, 9.17) is 5.11 Å². The fourth-order valence-electron chi connectivity index (χ4n) is 1.48. The van der Waals surface area contributed by atoms with Crippen LogP contribution in [0.25, 0.3) is 0 Å². The average Bonchev–Trinajstić information content (AvgIpc) is 2.26. The molecule has 1 N–H and O–H groups in total. The Bertz CT molecular complexity index is 358. The molecule has 0 saturated heterocycles. The van der Waals surface area contributed by atoms with Crippen LogP contribution in [0.1, 0.15) is 36.5 Å². The van der Waals surface area contributed by atoms with E-state index in [1.54, 1.807) is 13.0 Å². The van der Waals surface area contributed by atoms with Gasteiger partial charge in [0.1, 0.15) is 0 Å². The number of alkyl halides is 3. The maximum absolute atomic E-state index is 12.6. The highest BCUT2D eigenvalue weighted by Gasteiger charge is 2.31. The van der Waals surface area contributed by atoms with Gasteiger partial charge in [-0.15, -0.1) is 0 Å². The van der Waals surface area contributed by atoms with Gasteiger partial charge in [0.15, 0.2) is 0 Å². The van der Waals surface area contributed by atoms with E-state index in [1.807, 2.05) is 6.92 Å². The standard InChI is InChI=1S/C12H15F3O/c1-3-9-4-10(8(2)7-16)6-11(5-9)12(13,14)15/h4-6,8,16H,3,7H2,1-2H3. The second kappa shape index (κ2) is 4.87. The SMILES string of the molecule is CCc1cc(C(C)CO)cc(C(F)(F)F)c1. The summed E-state index contributed by atoms with van der Waals surface area (Å²) < 4.78 is 37.8. The monoisotopic (exact) mass is 232 g/mol. The molecule has 1 aromatic carbocycles. The van der Waals surface area contributed by atoms with Crippen LogP contribution in [0.4, 0.5) is 13.2 Å². The number of aliphatic hydroxyl groups excluding tert-OH is 1. The lowest BCUT2D eigenvalue weighted by atomic mass is 9.96. The van der Waals surface area contributed by atoms with Crippen LogP contribution >= 0.6 is 0 Å². The number of halogens is 3. The Morgan fingerprint density at radius 2 is 1.88 bits per heavy atom. The van der Waals surface area contributed by atoms with Gasteiger partial charge in [0.2, 0.25) is 0 Å². The molecule has 0 heterocycles. The summed E-state index contributed by atoms with van der Waals surface area (Å²) >= 11 is 0. The topological polar surface area (TPSA) is 20.2 Å². The van der Waals surface area contributed by atoms with Crippen LogP contribution in [-0.4, -0.2) is 11.7 Å². The normalized spacial score (nSPS) is 13.9. The van der Waals surface area contributed by atoms with Gasteiger partial charge < -0.3 is 5.11 Å². The Morgan fingerprint density at radius 1 is 1.25 bits per heavy atom. The molecule has 0 aromatic heterocycles. The van der Waals surface area contributed by atoms with Crippen molar-refractivity contribution in [3.63, 3.8) is 0 Å². The van der Waals surface area contributed by atoms with Crippen LogP contribution in [0.2, 0.25) is 0 Å². The van der Waals surface area contributed by atoms with Crippen LogP contribution in [0.5, 0.6) is 0 Å². The Hall–Kier alpha value is -1.03. The molecule has 1 unspecified atom stereocenters. The quantitative estimate of drug-likeness (QED) is 0.847. The first-order valence-electron chi connectivity index (χ1n) is 5.20. The molecule has 0 aliphatic rings. The lowest BCUT2D eigenvalue weighted by Crippen LogP contribution is -2.08. The number of benzene rings is 1. The molecule has 0 aliphatic carbocycles. The van der Waals surface area contributed by atoms with Crippen LogP contribution in [0.3, 0.4) is 0 Å². The summed E-state index contributed by atoms with van der Waals surface area (Å²) in [5.41, 5.74) is 0.543. The third-order valence-electron chi connectivity index (χ3n) is 2.59. The van der Waals surface area contributed by atoms with E-state index in [0.29, 0.717) is 17.5 Å². The first kappa shape index (κ1) is 13.0. The molecule has 16 heavy (non-hydrogen) atoms. The lowest BCUT2D eigenvalue weighted by Gasteiger charge is -2.14. The van der Waals surface area contributed by atoms with Crippen molar-refractivity contribution in [2.24, 2.45) is 0 Å². The van der Waals surface area contributed by atoms with Crippen molar-refractivity contribution < 1.29 is 18.3 Å². The van der Waals surface area contributed by atoms with Crippen molar-refractivity contribution in [1.29, 1.82) is 0 Å². The van der Waals surface area contributed by atoms with Gasteiger partial charge >= 0.3 is 6.18 Å². The minimum atomic E-state index is -4.32. The second-order valence-electron chi connectivity index (χ2n) is 3.90. The largest absolute Gasteiger partial charge is 0.416 e. The summed E-state index contributed by atoms with van der Waals surface area (Å²) in [6.07, 6.45) is -3.77. The van der Waals surface area contributed by atoms with Crippen molar-refractivity contribution in [2.75, 3.05) is 6.61 Å². The minimum Gasteiger partial charge on any atom is -0.396 e. The van der Waals surface area contributed by atoms with Crippen molar-refractivity contribution in [3.8, 4) is 0 Å². The maximum Gasteiger partial charge on any atom is 0.416 e. The molecule has 1 nitrogen and oxygen atoms in total. The first-order valence-corrected chi connectivity index (χ1v) is 5.20. The average molecular weight is 232 g/mol. The lowest BCUT2D eigenvalue weighted by molar-refractivity contribution is -0.137. The molecular weight excluding hydrogens is 217 g/mol. The van der Waals surface area contributed by atoms with Gasteiger partial charge in [0, 0.05) is 12.5 Å². The Morgan fingerprint density at radius 3 is 2.31 bits per heavy atom. The summed E-state index contributed by atoms with van der Waals surface area (Å²) in [6, 6.07) is 3.99. The van der Waals surface area contributed by atoms with E-state index in [9.17, 15) is 13.2 Å². The van der Waals surface area contributed by atoms with E-state index in [-0.39, 0.29) is 12.5 Å². The molecule has 0 amide bonds. The van der Waals surface area contributed by atoms with Crippen LogP contribution in [-0.2, 0) is 12.6 Å². The Balaban J connectivity index is 3.21. The molecular formula is C12H15F3O. The number of aryl methyl sites for hydroxylation is 1. The van der Waals surface area contributed by atoms with E-state index in [1.165, 1.54) is 0 Å². The van der Waals surface area contributed by atoms with E-state index < -0.39 is 11.7 Å². The molecule has 90 valence electrons. The minimum absolute atomic E-state index is 0.148.